The molecule has 0 radical (unpaired) electrons. The Morgan fingerprint density at radius 2 is 2.33 bits per heavy atom. The maximum Gasteiger partial charge on any atom is 0.261 e. The average Bonchev–Trinajstić information content (AvgIpc) is 2.89. The lowest BCUT2D eigenvalue weighted by atomic mass is 10.2. The van der Waals surface area contributed by atoms with Crippen LogP contribution in [0.2, 0.25) is 0 Å². The highest BCUT2D eigenvalue weighted by atomic mass is 16.1. The van der Waals surface area contributed by atoms with E-state index in [0.717, 1.165) is 18.7 Å². The number of nitrogens with zero attached hydrogens (tertiary/aromatic N) is 2. The smallest absolute Gasteiger partial charge is 0.261 e. The predicted octanol–water partition coefficient (Wildman–Crippen LogP) is 1.88. The first kappa shape index (κ1) is 12.1. The zero-order chi connectivity index (χ0) is 12.8. The number of anilines is 2. The molecular formula is C12H15N5O. The number of carbonyl (C=O) groups is 1. The predicted molar refractivity (Wildman–Crippen MR) is 69.6 cm³/mol. The molecule has 0 aliphatic rings. The van der Waals surface area contributed by atoms with Crippen LogP contribution in [0, 0.1) is 0 Å². The van der Waals surface area contributed by atoms with E-state index < -0.39 is 0 Å². The molecule has 2 rings (SSSR count). The zero-order valence-electron chi connectivity index (χ0n) is 10.1. The number of pyridine rings is 1. The number of carbonyl (C=O) groups excluding carboxylic acids is 1. The monoisotopic (exact) mass is 245 g/mol. The minimum atomic E-state index is -0.239. The maximum atomic E-state index is 12.0. The number of rotatable bonds is 5. The maximum absolute atomic E-state index is 12.0. The molecule has 6 heteroatoms. The molecule has 0 spiro atoms. The highest BCUT2D eigenvalue weighted by molar-refractivity contribution is 6.07. The summed E-state index contributed by atoms with van der Waals surface area (Å²) < 4.78 is 0. The van der Waals surface area contributed by atoms with Gasteiger partial charge in [0.05, 0.1) is 11.3 Å². The molecule has 0 atom stereocenters. The lowest BCUT2D eigenvalue weighted by Crippen LogP contribution is -2.16. The summed E-state index contributed by atoms with van der Waals surface area (Å²) in [6.45, 7) is 2.88. The van der Waals surface area contributed by atoms with Crippen LogP contribution in [0.5, 0.6) is 0 Å². The molecule has 2 aromatic rings. The number of imidazole rings is 1. The van der Waals surface area contributed by atoms with Gasteiger partial charge in [-0.25, -0.2) is 4.98 Å². The van der Waals surface area contributed by atoms with Crippen molar-refractivity contribution in [2.75, 3.05) is 17.2 Å². The molecule has 94 valence electrons. The lowest BCUT2D eigenvalue weighted by molar-refractivity contribution is 0.102. The van der Waals surface area contributed by atoms with Gasteiger partial charge in [-0.3, -0.25) is 15.1 Å². The number of hydrogen-bond donors (Lipinski definition) is 3. The van der Waals surface area contributed by atoms with Gasteiger partial charge >= 0.3 is 0 Å². The van der Waals surface area contributed by atoms with Crippen molar-refractivity contribution in [3.63, 3.8) is 0 Å². The van der Waals surface area contributed by atoms with Crippen molar-refractivity contribution >= 4 is 17.5 Å². The summed E-state index contributed by atoms with van der Waals surface area (Å²) in [6.07, 6.45) is 7.41. The molecule has 0 aliphatic heterocycles. The highest BCUT2D eigenvalue weighted by Crippen LogP contribution is 2.14. The molecule has 2 heterocycles. The molecule has 18 heavy (non-hydrogen) atoms. The summed E-state index contributed by atoms with van der Waals surface area (Å²) in [5.41, 5.74) is 1.28. The summed E-state index contributed by atoms with van der Waals surface area (Å²) in [6, 6.07) is 1.78. The Balaban J connectivity index is 2.13. The van der Waals surface area contributed by atoms with Crippen LogP contribution >= 0.6 is 0 Å². The standard InChI is InChI=1S/C12H15N5O/c1-2-4-14-10-3-5-13-8-9(10)11(18)17-12-15-6-7-16-12/h3,5-8H,2,4H2,1H3,(H,13,14)(H2,15,16,17,18). The van der Waals surface area contributed by atoms with E-state index in [4.69, 9.17) is 0 Å². The van der Waals surface area contributed by atoms with Crippen LogP contribution in [0.3, 0.4) is 0 Å². The second kappa shape index (κ2) is 5.81. The van der Waals surface area contributed by atoms with Crippen LogP contribution in [0.4, 0.5) is 11.6 Å². The Kier molecular flexibility index (Phi) is 3.90. The van der Waals surface area contributed by atoms with Crippen molar-refractivity contribution in [3.8, 4) is 0 Å². The Morgan fingerprint density at radius 1 is 1.44 bits per heavy atom. The quantitative estimate of drug-likeness (QED) is 0.751. The van der Waals surface area contributed by atoms with Crippen molar-refractivity contribution in [1.29, 1.82) is 0 Å². The normalized spacial score (nSPS) is 10.1. The molecule has 3 N–H and O–H groups in total. The van der Waals surface area contributed by atoms with Gasteiger partial charge in [0.2, 0.25) is 5.95 Å². The topological polar surface area (TPSA) is 82.7 Å². The number of aromatic nitrogens is 3. The van der Waals surface area contributed by atoms with Crippen LogP contribution in [0.1, 0.15) is 23.7 Å². The van der Waals surface area contributed by atoms with E-state index in [1.165, 1.54) is 6.20 Å². The second-order valence-corrected chi connectivity index (χ2v) is 3.74. The van der Waals surface area contributed by atoms with Crippen LogP contribution < -0.4 is 10.6 Å². The number of hydrogen-bond acceptors (Lipinski definition) is 4. The summed E-state index contributed by atoms with van der Waals surface area (Å²) in [7, 11) is 0. The van der Waals surface area contributed by atoms with Gasteiger partial charge in [-0.1, -0.05) is 6.92 Å². The molecule has 0 aromatic carbocycles. The fourth-order valence-corrected chi connectivity index (χ4v) is 1.50. The Labute approximate surface area is 105 Å². The number of amides is 1. The third-order valence-corrected chi connectivity index (χ3v) is 2.36. The largest absolute Gasteiger partial charge is 0.384 e. The molecule has 0 aliphatic carbocycles. The summed E-state index contributed by atoms with van der Waals surface area (Å²) in [5.74, 6) is 0.182. The Hall–Kier alpha value is -2.37. The molecule has 0 unspecified atom stereocenters. The van der Waals surface area contributed by atoms with E-state index in [2.05, 4.69) is 32.5 Å². The van der Waals surface area contributed by atoms with E-state index in [1.54, 1.807) is 24.7 Å². The van der Waals surface area contributed by atoms with E-state index in [1.807, 2.05) is 0 Å². The molecule has 0 fully saturated rings. The minimum Gasteiger partial charge on any atom is -0.384 e. The summed E-state index contributed by atoms with van der Waals surface area (Å²) >= 11 is 0. The number of nitrogens with one attached hydrogen (secondary N) is 3. The number of aromatic amines is 1. The fourth-order valence-electron chi connectivity index (χ4n) is 1.50. The van der Waals surface area contributed by atoms with Gasteiger partial charge in [0.15, 0.2) is 0 Å². The van der Waals surface area contributed by atoms with E-state index in [-0.39, 0.29) is 5.91 Å². The van der Waals surface area contributed by atoms with Crippen LogP contribution in [0.15, 0.2) is 30.9 Å². The van der Waals surface area contributed by atoms with Gasteiger partial charge in [0.25, 0.3) is 5.91 Å². The first-order valence-electron chi connectivity index (χ1n) is 5.80. The minimum absolute atomic E-state index is 0.239. The summed E-state index contributed by atoms with van der Waals surface area (Å²) in [5, 5.41) is 5.86. The second-order valence-electron chi connectivity index (χ2n) is 3.74. The summed E-state index contributed by atoms with van der Waals surface area (Å²) in [4.78, 5) is 22.8. The third-order valence-electron chi connectivity index (χ3n) is 2.36. The van der Waals surface area contributed by atoms with Crippen LogP contribution in [-0.2, 0) is 0 Å². The first-order chi connectivity index (χ1) is 8.81. The molecule has 6 nitrogen and oxygen atoms in total. The zero-order valence-corrected chi connectivity index (χ0v) is 10.1. The molecule has 1 amide bonds. The molecule has 0 saturated carbocycles. The van der Waals surface area contributed by atoms with Crippen LogP contribution in [0.25, 0.3) is 0 Å². The fraction of sp³-hybridized carbons (Fsp3) is 0.250. The molecule has 0 bridgehead atoms. The van der Waals surface area contributed by atoms with Crippen molar-refractivity contribution in [3.05, 3.63) is 36.4 Å². The van der Waals surface area contributed by atoms with Crippen LogP contribution in [-0.4, -0.2) is 27.4 Å². The lowest BCUT2D eigenvalue weighted by Gasteiger charge is -2.09. The van der Waals surface area contributed by atoms with Gasteiger partial charge in [-0.05, 0) is 12.5 Å². The SMILES string of the molecule is CCCNc1ccncc1C(=O)Nc1ncc[nH]1. The van der Waals surface area contributed by atoms with Gasteiger partial charge in [0.1, 0.15) is 0 Å². The van der Waals surface area contributed by atoms with Crippen molar-refractivity contribution in [2.24, 2.45) is 0 Å². The van der Waals surface area contributed by atoms with E-state index in [0.29, 0.717) is 11.5 Å². The Bertz CT molecular complexity index is 509. The molecular weight excluding hydrogens is 230 g/mol. The highest BCUT2D eigenvalue weighted by Gasteiger charge is 2.12. The number of H-pyrrole nitrogens is 1. The van der Waals surface area contributed by atoms with E-state index in [9.17, 15) is 4.79 Å². The van der Waals surface area contributed by atoms with Gasteiger partial charge < -0.3 is 10.3 Å². The van der Waals surface area contributed by atoms with Gasteiger partial charge in [0, 0.05) is 31.3 Å². The Morgan fingerprint density at radius 3 is 3.06 bits per heavy atom. The first-order valence-corrected chi connectivity index (χ1v) is 5.80. The average molecular weight is 245 g/mol. The van der Waals surface area contributed by atoms with Crippen molar-refractivity contribution in [2.45, 2.75) is 13.3 Å². The molecule has 2 aromatic heterocycles. The van der Waals surface area contributed by atoms with Crippen molar-refractivity contribution in [1.82, 2.24) is 15.0 Å². The van der Waals surface area contributed by atoms with Crippen molar-refractivity contribution < 1.29 is 4.79 Å². The van der Waals surface area contributed by atoms with E-state index >= 15 is 0 Å². The molecule has 0 saturated heterocycles. The van der Waals surface area contributed by atoms with Gasteiger partial charge in [-0.2, -0.15) is 0 Å². The van der Waals surface area contributed by atoms with Gasteiger partial charge in [-0.15, -0.1) is 0 Å². The third kappa shape index (κ3) is 2.85.